The molecular weight excluding hydrogens is 395 g/mol. The maximum absolute atomic E-state index is 6.44. The van der Waals surface area contributed by atoms with Crippen molar-refractivity contribution in [3.05, 3.63) is 88.7 Å². The summed E-state index contributed by atoms with van der Waals surface area (Å²) in [5, 5.41) is 10.4. The number of hydrogen-bond donors (Lipinski definition) is 1. The molecule has 0 aliphatic carbocycles. The van der Waals surface area contributed by atoms with Crippen molar-refractivity contribution in [1.29, 1.82) is 0 Å². The Bertz CT molecular complexity index is 1130. The number of allylic oxidation sites excluding steroid dienone is 1. The van der Waals surface area contributed by atoms with Crippen molar-refractivity contribution in [2.75, 3.05) is 5.32 Å². The standard InChI is InChI=1S/C22H16Cl2N2S/c1-2-12-26-21(18-11-10-16(23)13-19(18)24)14-27-22(26)25-20-9-5-7-15-6-3-4-8-17(15)20/h2-11,13-14H,1,12H2/p+1. The second kappa shape index (κ2) is 7.73. The molecular formula is C22H17Cl2N2S+. The molecule has 0 aliphatic rings. The molecule has 1 heterocycles. The summed E-state index contributed by atoms with van der Waals surface area (Å²) in [5.41, 5.74) is 3.05. The molecule has 0 saturated heterocycles. The maximum Gasteiger partial charge on any atom is 0.339 e. The smallest absolute Gasteiger partial charge is 0.231 e. The normalized spacial score (nSPS) is 10.9. The van der Waals surface area contributed by atoms with E-state index in [9.17, 15) is 0 Å². The number of thiazole rings is 1. The second-order valence-electron chi connectivity index (χ2n) is 6.10. The van der Waals surface area contributed by atoms with Crippen LogP contribution in [0.4, 0.5) is 10.8 Å². The molecule has 0 spiro atoms. The maximum atomic E-state index is 6.44. The number of hydrogen-bond acceptors (Lipinski definition) is 2. The van der Waals surface area contributed by atoms with Crippen molar-refractivity contribution < 1.29 is 4.57 Å². The quantitative estimate of drug-likeness (QED) is 0.273. The van der Waals surface area contributed by atoms with Gasteiger partial charge in [0.05, 0.1) is 5.02 Å². The fourth-order valence-electron chi connectivity index (χ4n) is 3.11. The van der Waals surface area contributed by atoms with E-state index in [0.717, 1.165) is 22.1 Å². The SMILES string of the molecule is C=CC[n+]1c(-c2ccc(Cl)cc2Cl)csc1Nc1cccc2ccccc12. The Morgan fingerprint density at radius 3 is 2.67 bits per heavy atom. The number of aromatic nitrogens is 1. The molecule has 0 bridgehead atoms. The highest BCUT2D eigenvalue weighted by Gasteiger charge is 2.21. The number of anilines is 2. The highest BCUT2D eigenvalue weighted by atomic mass is 35.5. The van der Waals surface area contributed by atoms with Crippen molar-refractivity contribution in [3.63, 3.8) is 0 Å². The molecule has 0 amide bonds. The largest absolute Gasteiger partial charge is 0.339 e. The first-order valence-corrected chi connectivity index (χ1v) is 10.1. The van der Waals surface area contributed by atoms with E-state index in [1.54, 1.807) is 17.4 Å². The van der Waals surface area contributed by atoms with Gasteiger partial charge in [0.1, 0.15) is 17.9 Å². The summed E-state index contributed by atoms with van der Waals surface area (Å²) in [6.07, 6.45) is 1.88. The Kier molecular flexibility index (Phi) is 5.17. The lowest BCUT2D eigenvalue weighted by Gasteiger charge is -2.07. The lowest BCUT2D eigenvalue weighted by atomic mass is 10.1. The predicted molar refractivity (Wildman–Crippen MR) is 117 cm³/mol. The molecule has 0 atom stereocenters. The molecule has 0 saturated carbocycles. The minimum atomic E-state index is 0.628. The second-order valence-corrected chi connectivity index (χ2v) is 7.80. The van der Waals surface area contributed by atoms with Crippen LogP contribution < -0.4 is 9.88 Å². The number of rotatable bonds is 5. The van der Waals surface area contributed by atoms with Gasteiger partial charge in [-0.25, -0.2) is 9.88 Å². The van der Waals surface area contributed by atoms with Crippen LogP contribution >= 0.6 is 34.5 Å². The third kappa shape index (κ3) is 3.59. The predicted octanol–water partition coefficient (Wildman–Crippen LogP) is 7.09. The Morgan fingerprint density at radius 1 is 1.04 bits per heavy atom. The topological polar surface area (TPSA) is 15.9 Å². The molecule has 1 aromatic heterocycles. The average molecular weight is 412 g/mol. The molecule has 1 N–H and O–H groups in total. The number of nitrogens with zero attached hydrogens (tertiary/aromatic N) is 1. The molecule has 134 valence electrons. The lowest BCUT2D eigenvalue weighted by molar-refractivity contribution is -0.657. The number of halogens is 2. The van der Waals surface area contributed by atoms with Gasteiger partial charge in [-0.1, -0.05) is 83.6 Å². The van der Waals surface area contributed by atoms with Crippen LogP contribution in [0.1, 0.15) is 0 Å². The van der Waals surface area contributed by atoms with Gasteiger partial charge in [-0.2, -0.15) is 0 Å². The molecule has 5 heteroatoms. The van der Waals surface area contributed by atoms with Crippen LogP contribution in [0.2, 0.25) is 10.0 Å². The van der Waals surface area contributed by atoms with E-state index in [0.29, 0.717) is 16.6 Å². The van der Waals surface area contributed by atoms with Crippen LogP contribution in [-0.4, -0.2) is 0 Å². The summed E-state index contributed by atoms with van der Waals surface area (Å²) in [6.45, 7) is 4.58. The van der Waals surface area contributed by atoms with Crippen LogP contribution in [0.15, 0.2) is 78.7 Å². The van der Waals surface area contributed by atoms with Crippen LogP contribution in [0.3, 0.4) is 0 Å². The van der Waals surface area contributed by atoms with Crippen molar-refractivity contribution >= 4 is 56.1 Å². The summed E-state index contributed by atoms with van der Waals surface area (Å²) < 4.78 is 2.18. The van der Waals surface area contributed by atoms with Gasteiger partial charge < -0.3 is 0 Å². The Labute approximate surface area is 172 Å². The summed E-state index contributed by atoms with van der Waals surface area (Å²) in [5.74, 6) is 0. The Hall–Kier alpha value is -2.33. The zero-order valence-corrected chi connectivity index (χ0v) is 16.8. The fraction of sp³-hybridized carbons (Fsp3) is 0.0455. The van der Waals surface area contributed by atoms with Gasteiger partial charge in [-0.05, 0) is 29.7 Å². The fourth-order valence-corrected chi connectivity index (χ4v) is 4.56. The van der Waals surface area contributed by atoms with Gasteiger partial charge in [0.15, 0.2) is 0 Å². The van der Waals surface area contributed by atoms with Crippen LogP contribution in [0, 0.1) is 0 Å². The van der Waals surface area contributed by atoms with Crippen LogP contribution in [0.5, 0.6) is 0 Å². The molecule has 0 aliphatic heterocycles. The van der Waals surface area contributed by atoms with E-state index in [1.807, 2.05) is 18.2 Å². The zero-order valence-electron chi connectivity index (χ0n) is 14.5. The number of nitrogens with one attached hydrogen (secondary N) is 1. The highest BCUT2D eigenvalue weighted by Crippen LogP contribution is 2.33. The zero-order chi connectivity index (χ0) is 18.8. The first-order valence-electron chi connectivity index (χ1n) is 8.50. The van der Waals surface area contributed by atoms with E-state index in [-0.39, 0.29) is 0 Å². The summed E-state index contributed by atoms with van der Waals surface area (Å²) in [7, 11) is 0. The van der Waals surface area contributed by atoms with Gasteiger partial charge in [-0.3, -0.25) is 0 Å². The third-order valence-electron chi connectivity index (χ3n) is 4.37. The molecule has 27 heavy (non-hydrogen) atoms. The number of benzene rings is 3. The highest BCUT2D eigenvalue weighted by molar-refractivity contribution is 7.13. The van der Waals surface area contributed by atoms with Gasteiger partial charge >= 0.3 is 5.13 Å². The molecule has 0 radical (unpaired) electrons. The molecule has 4 rings (SSSR count). The first-order chi connectivity index (χ1) is 13.2. The first kappa shape index (κ1) is 18.1. The summed E-state index contributed by atoms with van der Waals surface area (Å²) >= 11 is 14.1. The van der Waals surface area contributed by atoms with Crippen LogP contribution in [0.25, 0.3) is 22.0 Å². The van der Waals surface area contributed by atoms with Crippen molar-refractivity contribution in [3.8, 4) is 11.3 Å². The van der Waals surface area contributed by atoms with Crippen LogP contribution in [-0.2, 0) is 6.54 Å². The molecule has 0 unspecified atom stereocenters. The molecule has 4 aromatic rings. The van der Waals surface area contributed by atoms with E-state index in [4.69, 9.17) is 23.2 Å². The van der Waals surface area contributed by atoms with E-state index in [2.05, 4.69) is 64.3 Å². The lowest BCUT2D eigenvalue weighted by Crippen LogP contribution is -2.35. The van der Waals surface area contributed by atoms with Crippen molar-refractivity contribution in [2.45, 2.75) is 6.54 Å². The van der Waals surface area contributed by atoms with Gasteiger partial charge in [-0.15, -0.1) is 0 Å². The van der Waals surface area contributed by atoms with Crippen molar-refractivity contribution in [1.82, 2.24) is 0 Å². The van der Waals surface area contributed by atoms with Gasteiger partial charge in [0, 0.05) is 21.4 Å². The Morgan fingerprint density at radius 2 is 1.85 bits per heavy atom. The monoisotopic (exact) mass is 411 g/mol. The molecule has 0 fully saturated rings. The Balaban J connectivity index is 1.79. The minimum Gasteiger partial charge on any atom is -0.231 e. The molecule has 3 aromatic carbocycles. The van der Waals surface area contributed by atoms with Crippen molar-refractivity contribution in [2.24, 2.45) is 0 Å². The molecule has 2 nitrogen and oxygen atoms in total. The van der Waals surface area contributed by atoms with E-state index in [1.165, 1.54) is 10.8 Å². The van der Waals surface area contributed by atoms with E-state index < -0.39 is 0 Å². The van der Waals surface area contributed by atoms with Gasteiger partial charge in [0.2, 0.25) is 0 Å². The minimum absolute atomic E-state index is 0.628. The van der Waals surface area contributed by atoms with E-state index >= 15 is 0 Å². The van der Waals surface area contributed by atoms with Gasteiger partial charge in [0.25, 0.3) is 0 Å². The summed E-state index contributed by atoms with van der Waals surface area (Å²) in [6, 6.07) is 20.2. The third-order valence-corrected chi connectivity index (χ3v) is 5.80. The average Bonchev–Trinajstić information content (AvgIpc) is 3.05. The number of fused-ring (bicyclic) bond motifs is 1. The summed E-state index contributed by atoms with van der Waals surface area (Å²) in [4.78, 5) is 0.